The van der Waals surface area contributed by atoms with Crippen LogP contribution in [-0.2, 0) is 14.8 Å². The molecule has 0 saturated carbocycles. The minimum Gasteiger partial charge on any atom is -0.490 e. The lowest BCUT2D eigenvalue weighted by atomic mass is 10.1. The van der Waals surface area contributed by atoms with Crippen molar-refractivity contribution in [3.05, 3.63) is 90.6 Å². The van der Waals surface area contributed by atoms with Gasteiger partial charge >= 0.3 is 5.97 Å². The van der Waals surface area contributed by atoms with Crippen LogP contribution in [0.25, 0.3) is 22.8 Å². The number of ether oxygens (including phenoxy) is 2. The van der Waals surface area contributed by atoms with E-state index in [1.807, 2.05) is 30.3 Å². The number of hydrogen-bond donors (Lipinski definition) is 1. The second kappa shape index (κ2) is 9.68. The number of sulfonamides is 1. The molecule has 0 spiro atoms. The Morgan fingerprint density at radius 1 is 0.909 bits per heavy atom. The predicted molar refractivity (Wildman–Crippen MR) is 121 cm³/mol. The highest BCUT2D eigenvalue weighted by Crippen LogP contribution is 2.28. The van der Waals surface area contributed by atoms with Gasteiger partial charge in [-0.1, -0.05) is 42.5 Å². The van der Waals surface area contributed by atoms with Crippen molar-refractivity contribution in [2.45, 2.75) is 4.90 Å². The van der Waals surface area contributed by atoms with Crippen molar-refractivity contribution in [2.24, 2.45) is 5.14 Å². The fourth-order valence-corrected chi connectivity index (χ4v) is 3.59. The maximum Gasteiger partial charge on any atom is 0.339 e. The van der Waals surface area contributed by atoms with Crippen LogP contribution >= 0.6 is 0 Å². The molecule has 4 rings (SSSR count). The Bertz CT molecular complexity index is 1350. The first kappa shape index (κ1) is 22.3. The van der Waals surface area contributed by atoms with E-state index in [0.717, 1.165) is 5.56 Å². The quantitative estimate of drug-likeness (QED) is 0.310. The Balaban J connectivity index is 1.38. The molecular formula is C24H20N2O6S. The number of nitrogens with zero attached hydrogens (tertiary/aromatic N) is 1. The Hall–Kier alpha value is -3.95. The average molecular weight is 464 g/mol. The Kier molecular flexibility index (Phi) is 6.53. The first-order valence-electron chi connectivity index (χ1n) is 9.95. The summed E-state index contributed by atoms with van der Waals surface area (Å²) in [4.78, 5) is 17.0. The summed E-state index contributed by atoms with van der Waals surface area (Å²) < 4.78 is 39.3. The molecule has 0 unspecified atom stereocenters. The largest absolute Gasteiger partial charge is 0.490 e. The van der Waals surface area contributed by atoms with Gasteiger partial charge in [-0.3, -0.25) is 0 Å². The SMILES string of the molecule is NS(=O)(=O)c1ccc(OCCOC(=O)c2ccccc2-c2ncc(-c3ccccc3)o2)cc1. The fraction of sp³-hybridized carbons (Fsp3) is 0.0833. The zero-order valence-electron chi connectivity index (χ0n) is 17.4. The van der Waals surface area contributed by atoms with Crippen LogP contribution in [0.15, 0.2) is 94.4 Å². The van der Waals surface area contributed by atoms with Gasteiger partial charge in [-0.15, -0.1) is 0 Å². The molecule has 2 N–H and O–H groups in total. The van der Waals surface area contributed by atoms with Gasteiger partial charge in [-0.05, 0) is 36.4 Å². The van der Waals surface area contributed by atoms with E-state index in [1.54, 1.807) is 30.5 Å². The molecule has 0 amide bonds. The van der Waals surface area contributed by atoms with Crippen molar-refractivity contribution >= 4 is 16.0 Å². The van der Waals surface area contributed by atoms with E-state index in [2.05, 4.69) is 4.98 Å². The first-order valence-corrected chi connectivity index (χ1v) is 11.5. The number of hydrogen-bond acceptors (Lipinski definition) is 7. The van der Waals surface area contributed by atoms with Crippen LogP contribution < -0.4 is 9.88 Å². The standard InChI is InChI=1S/C24H20N2O6S/c25-33(28,29)19-12-10-18(11-13-19)30-14-15-31-24(27)21-9-5-4-8-20(21)23-26-16-22(32-23)17-6-2-1-3-7-17/h1-13,16H,14-15H2,(H2,25,28,29). The summed E-state index contributed by atoms with van der Waals surface area (Å²) in [5.74, 6) is 0.786. The Morgan fingerprint density at radius 3 is 2.33 bits per heavy atom. The van der Waals surface area contributed by atoms with Crippen LogP contribution in [0, 0.1) is 0 Å². The van der Waals surface area contributed by atoms with E-state index in [4.69, 9.17) is 19.0 Å². The topological polar surface area (TPSA) is 122 Å². The van der Waals surface area contributed by atoms with Crippen molar-refractivity contribution < 1.29 is 27.1 Å². The highest BCUT2D eigenvalue weighted by atomic mass is 32.2. The van der Waals surface area contributed by atoms with Gasteiger partial charge in [-0.25, -0.2) is 23.3 Å². The van der Waals surface area contributed by atoms with E-state index in [9.17, 15) is 13.2 Å². The molecule has 0 atom stereocenters. The van der Waals surface area contributed by atoms with Gasteiger partial charge in [0, 0.05) is 5.56 Å². The van der Waals surface area contributed by atoms with Gasteiger partial charge in [0.05, 0.1) is 22.2 Å². The van der Waals surface area contributed by atoms with Gasteiger partial charge in [-0.2, -0.15) is 0 Å². The summed E-state index contributed by atoms with van der Waals surface area (Å²) in [5, 5.41) is 5.06. The van der Waals surface area contributed by atoms with Gasteiger partial charge in [0.2, 0.25) is 15.9 Å². The molecule has 3 aromatic carbocycles. The minimum atomic E-state index is -3.77. The number of nitrogens with two attached hydrogens (primary N) is 1. The van der Waals surface area contributed by atoms with Gasteiger partial charge in [0.1, 0.15) is 19.0 Å². The first-order chi connectivity index (χ1) is 15.9. The molecule has 4 aromatic rings. The van der Waals surface area contributed by atoms with E-state index in [1.165, 1.54) is 24.3 Å². The minimum absolute atomic E-state index is 0.00897. The molecule has 9 heteroatoms. The number of oxazole rings is 1. The molecule has 1 aromatic heterocycles. The van der Waals surface area contributed by atoms with E-state index in [-0.39, 0.29) is 18.1 Å². The zero-order chi connectivity index (χ0) is 23.3. The van der Waals surface area contributed by atoms with Crippen LogP contribution in [0.2, 0.25) is 0 Å². The summed E-state index contributed by atoms with van der Waals surface area (Å²) in [5.41, 5.74) is 1.71. The number of primary sulfonamides is 1. The molecule has 0 aliphatic heterocycles. The number of carbonyl (C=O) groups excluding carboxylic acids is 1. The van der Waals surface area contributed by atoms with Crippen molar-refractivity contribution in [3.8, 4) is 28.5 Å². The third-order valence-corrected chi connectivity index (χ3v) is 5.61. The van der Waals surface area contributed by atoms with E-state index < -0.39 is 16.0 Å². The molecule has 0 saturated heterocycles. The van der Waals surface area contributed by atoms with Crippen molar-refractivity contribution in [2.75, 3.05) is 13.2 Å². The van der Waals surface area contributed by atoms with Crippen LogP contribution in [-0.4, -0.2) is 32.6 Å². The molecule has 0 radical (unpaired) electrons. The predicted octanol–water partition coefficient (Wildman–Crippen LogP) is 3.89. The van der Waals surface area contributed by atoms with Gasteiger partial charge in [0.15, 0.2) is 5.76 Å². The third-order valence-electron chi connectivity index (χ3n) is 4.68. The smallest absolute Gasteiger partial charge is 0.339 e. The Morgan fingerprint density at radius 2 is 1.61 bits per heavy atom. The van der Waals surface area contributed by atoms with Gasteiger partial charge < -0.3 is 13.9 Å². The lowest BCUT2D eigenvalue weighted by Crippen LogP contribution is -2.14. The Labute approximate surface area is 190 Å². The molecule has 33 heavy (non-hydrogen) atoms. The second-order valence-electron chi connectivity index (χ2n) is 6.94. The summed E-state index contributed by atoms with van der Waals surface area (Å²) in [7, 11) is -3.77. The molecule has 1 heterocycles. The molecule has 8 nitrogen and oxygen atoms in total. The van der Waals surface area contributed by atoms with Crippen molar-refractivity contribution in [3.63, 3.8) is 0 Å². The van der Waals surface area contributed by atoms with E-state index >= 15 is 0 Å². The van der Waals surface area contributed by atoms with Gasteiger partial charge in [0.25, 0.3) is 0 Å². The summed E-state index contributed by atoms with van der Waals surface area (Å²) in [6, 6.07) is 22.1. The summed E-state index contributed by atoms with van der Waals surface area (Å²) in [6.45, 7) is 0.0741. The van der Waals surface area contributed by atoms with Crippen molar-refractivity contribution in [1.29, 1.82) is 0 Å². The molecule has 0 aliphatic carbocycles. The monoisotopic (exact) mass is 464 g/mol. The maximum absolute atomic E-state index is 12.7. The highest BCUT2D eigenvalue weighted by Gasteiger charge is 2.18. The highest BCUT2D eigenvalue weighted by molar-refractivity contribution is 7.89. The lowest BCUT2D eigenvalue weighted by molar-refractivity contribution is 0.0451. The van der Waals surface area contributed by atoms with Crippen LogP contribution in [0.4, 0.5) is 0 Å². The molecule has 0 aliphatic rings. The maximum atomic E-state index is 12.7. The third kappa shape index (κ3) is 5.46. The molecular weight excluding hydrogens is 444 g/mol. The normalized spacial score (nSPS) is 11.2. The molecule has 0 bridgehead atoms. The number of esters is 1. The second-order valence-corrected chi connectivity index (χ2v) is 8.50. The van der Waals surface area contributed by atoms with Crippen LogP contribution in [0.1, 0.15) is 10.4 Å². The molecule has 0 fully saturated rings. The summed E-state index contributed by atoms with van der Waals surface area (Å²) in [6.07, 6.45) is 1.61. The summed E-state index contributed by atoms with van der Waals surface area (Å²) >= 11 is 0. The number of rotatable bonds is 8. The lowest BCUT2D eigenvalue weighted by Gasteiger charge is -2.09. The fourth-order valence-electron chi connectivity index (χ4n) is 3.08. The van der Waals surface area contributed by atoms with E-state index in [0.29, 0.717) is 28.5 Å². The van der Waals surface area contributed by atoms with Crippen LogP contribution in [0.3, 0.4) is 0 Å². The number of aromatic nitrogens is 1. The molecule has 168 valence electrons. The number of carbonyl (C=O) groups is 1. The average Bonchev–Trinajstić information content (AvgIpc) is 3.32. The van der Waals surface area contributed by atoms with Crippen molar-refractivity contribution in [1.82, 2.24) is 4.98 Å². The number of benzene rings is 3. The van der Waals surface area contributed by atoms with Crippen LogP contribution in [0.5, 0.6) is 5.75 Å². The zero-order valence-corrected chi connectivity index (χ0v) is 18.2.